The Labute approximate surface area is 135 Å². The van der Waals surface area contributed by atoms with Crippen LogP contribution in [0.1, 0.15) is 25.3 Å². The van der Waals surface area contributed by atoms with E-state index in [2.05, 4.69) is 12.0 Å². The van der Waals surface area contributed by atoms with Gasteiger partial charge in [-0.25, -0.2) is 4.68 Å². The number of nitrogens with zero attached hydrogens (tertiary/aromatic N) is 5. The Balaban J connectivity index is 1.73. The molecule has 6 nitrogen and oxygen atoms in total. The summed E-state index contributed by atoms with van der Waals surface area (Å²) in [6.07, 6.45) is 3.90. The smallest absolute Gasteiger partial charge is 0.248 e. The average molecular weight is 309 g/mol. The van der Waals surface area contributed by atoms with Crippen LogP contribution in [0.3, 0.4) is 0 Å². The zero-order valence-corrected chi connectivity index (χ0v) is 13.1. The fourth-order valence-electron chi connectivity index (χ4n) is 3.07. The zero-order valence-electron chi connectivity index (χ0n) is 13.1. The molecular formula is C17H19N5O. The van der Waals surface area contributed by atoms with Gasteiger partial charge < -0.3 is 4.90 Å². The van der Waals surface area contributed by atoms with Gasteiger partial charge in [0.15, 0.2) is 5.82 Å². The van der Waals surface area contributed by atoms with Crippen molar-refractivity contribution in [1.82, 2.24) is 19.6 Å². The summed E-state index contributed by atoms with van der Waals surface area (Å²) in [6.45, 7) is 3.97. The number of aliphatic imine (C=N–C) groups is 1. The van der Waals surface area contributed by atoms with E-state index in [1.807, 2.05) is 51.0 Å². The predicted molar refractivity (Wildman–Crippen MR) is 87.7 cm³/mol. The summed E-state index contributed by atoms with van der Waals surface area (Å²) in [6, 6.07) is 9.97. The lowest BCUT2D eigenvalue weighted by molar-refractivity contribution is -0.125. The van der Waals surface area contributed by atoms with Gasteiger partial charge in [-0.2, -0.15) is 10.1 Å². The maximum Gasteiger partial charge on any atom is 0.248 e. The van der Waals surface area contributed by atoms with Crippen molar-refractivity contribution in [1.29, 1.82) is 0 Å². The number of hydrogen-bond donors (Lipinski definition) is 0. The van der Waals surface area contributed by atoms with Crippen molar-refractivity contribution in [2.75, 3.05) is 13.1 Å². The van der Waals surface area contributed by atoms with Crippen LogP contribution >= 0.6 is 0 Å². The van der Waals surface area contributed by atoms with E-state index in [-0.39, 0.29) is 5.91 Å². The first kappa shape index (κ1) is 14.0. The third kappa shape index (κ3) is 2.30. The fourth-order valence-corrected chi connectivity index (χ4v) is 3.07. The number of carbonyl (C=O) groups excluding carboxylic acids is 1. The Hall–Kier alpha value is -2.63. The molecule has 0 radical (unpaired) electrons. The average Bonchev–Trinajstić information content (AvgIpc) is 3.11. The molecule has 0 bridgehead atoms. The van der Waals surface area contributed by atoms with E-state index in [9.17, 15) is 4.79 Å². The largest absolute Gasteiger partial charge is 0.328 e. The highest BCUT2D eigenvalue weighted by Gasteiger charge is 2.37. The number of guanidine groups is 1. The van der Waals surface area contributed by atoms with E-state index in [1.54, 1.807) is 0 Å². The lowest BCUT2D eigenvalue weighted by Gasteiger charge is -2.25. The van der Waals surface area contributed by atoms with Crippen molar-refractivity contribution in [2.45, 2.75) is 26.3 Å². The monoisotopic (exact) mass is 309 g/mol. The SMILES string of the molecule is CCCCN1C(=O)CN2Cc3cnn(-c4ccccc4)c3N=C21. The van der Waals surface area contributed by atoms with Gasteiger partial charge in [0.2, 0.25) is 11.9 Å². The quantitative estimate of drug-likeness (QED) is 0.871. The number of carbonyl (C=O) groups is 1. The Morgan fingerprint density at radius 1 is 1.17 bits per heavy atom. The topological polar surface area (TPSA) is 53.7 Å². The van der Waals surface area contributed by atoms with Crippen LogP contribution in [-0.4, -0.2) is 44.5 Å². The minimum absolute atomic E-state index is 0.140. The van der Waals surface area contributed by atoms with Crippen molar-refractivity contribution in [2.24, 2.45) is 4.99 Å². The van der Waals surface area contributed by atoms with Gasteiger partial charge in [-0.1, -0.05) is 31.5 Å². The second-order valence-corrected chi connectivity index (χ2v) is 5.91. The molecule has 3 heterocycles. The molecule has 6 heteroatoms. The van der Waals surface area contributed by atoms with E-state index in [0.29, 0.717) is 13.1 Å². The normalized spacial score (nSPS) is 16.4. The Morgan fingerprint density at radius 2 is 2.00 bits per heavy atom. The third-order valence-corrected chi connectivity index (χ3v) is 4.27. The Kier molecular flexibility index (Phi) is 3.37. The van der Waals surface area contributed by atoms with Gasteiger partial charge in [-0.15, -0.1) is 0 Å². The first-order chi connectivity index (χ1) is 11.3. The second-order valence-electron chi connectivity index (χ2n) is 5.91. The number of rotatable bonds is 4. The molecule has 1 aromatic carbocycles. The summed E-state index contributed by atoms with van der Waals surface area (Å²) < 4.78 is 1.85. The molecule has 118 valence electrons. The van der Waals surface area contributed by atoms with Gasteiger partial charge in [0.1, 0.15) is 6.54 Å². The van der Waals surface area contributed by atoms with Crippen molar-refractivity contribution < 1.29 is 4.79 Å². The highest BCUT2D eigenvalue weighted by molar-refractivity contribution is 6.05. The van der Waals surface area contributed by atoms with Gasteiger partial charge >= 0.3 is 0 Å². The van der Waals surface area contributed by atoms with E-state index in [4.69, 9.17) is 4.99 Å². The number of fused-ring (bicyclic) bond motifs is 2. The molecule has 0 atom stereocenters. The van der Waals surface area contributed by atoms with Crippen LogP contribution in [0.15, 0.2) is 41.5 Å². The van der Waals surface area contributed by atoms with Gasteiger partial charge in [-0.05, 0) is 18.6 Å². The second kappa shape index (κ2) is 5.53. The molecule has 2 aliphatic rings. The molecule has 2 aliphatic heterocycles. The van der Waals surface area contributed by atoms with Crippen LogP contribution in [0.5, 0.6) is 0 Å². The fraction of sp³-hybridized carbons (Fsp3) is 0.353. The van der Waals surface area contributed by atoms with Gasteiger partial charge in [0.25, 0.3) is 0 Å². The predicted octanol–water partition coefficient (Wildman–Crippen LogP) is 2.32. The lowest BCUT2D eigenvalue weighted by atomic mass is 10.2. The zero-order chi connectivity index (χ0) is 15.8. The van der Waals surface area contributed by atoms with Crippen molar-refractivity contribution in [3.05, 3.63) is 42.1 Å². The Morgan fingerprint density at radius 3 is 2.78 bits per heavy atom. The van der Waals surface area contributed by atoms with Crippen LogP contribution in [-0.2, 0) is 11.3 Å². The molecule has 0 spiro atoms. The maximum atomic E-state index is 12.3. The maximum absolute atomic E-state index is 12.3. The van der Waals surface area contributed by atoms with Crippen LogP contribution in [0.4, 0.5) is 5.82 Å². The number of amides is 1. The number of benzene rings is 1. The van der Waals surface area contributed by atoms with Crippen molar-refractivity contribution in [3.63, 3.8) is 0 Å². The molecule has 4 rings (SSSR count). The summed E-state index contributed by atoms with van der Waals surface area (Å²) >= 11 is 0. The number of hydrogen-bond acceptors (Lipinski definition) is 4. The molecule has 23 heavy (non-hydrogen) atoms. The lowest BCUT2D eigenvalue weighted by Crippen LogP contribution is -2.36. The minimum atomic E-state index is 0.140. The molecule has 0 saturated carbocycles. The molecule has 1 amide bonds. The number of aromatic nitrogens is 2. The van der Waals surface area contributed by atoms with Gasteiger partial charge in [-0.3, -0.25) is 9.69 Å². The Bertz CT molecular complexity index is 765. The molecule has 2 aromatic rings. The molecule has 1 fully saturated rings. The van der Waals surface area contributed by atoms with Gasteiger partial charge in [0.05, 0.1) is 18.4 Å². The van der Waals surface area contributed by atoms with E-state index >= 15 is 0 Å². The molecule has 0 N–H and O–H groups in total. The van der Waals surface area contributed by atoms with Crippen LogP contribution in [0, 0.1) is 0 Å². The summed E-state index contributed by atoms with van der Waals surface area (Å²) in [5.74, 6) is 1.74. The van der Waals surface area contributed by atoms with Gasteiger partial charge in [0, 0.05) is 12.1 Å². The summed E-state index contributed by atoms with van der Waals surface area (Å²) in [5.41, 5.74) is 2.04. The van der Waals surface area contributed by atoms with Crippen LogP contribution in [0.2, 0.25) is 0 Å². The summed E-state index contributed by atoms with van der Waals surface area (Å²) in [4.78, 5) is 20.9. The van der Waals surface area contributed by atoms with E-state index < -0.39 is 0 Å². The first-order valence-electron chi connectivity index (χ1n) is 8.04. The minimum Gasteiger partial charge on any atom is -0.328 e. The van der Waals surface area contributed by atoms with Crippen LogP contribution < -0.4 is 0 Å². The summed E-state index contributed by atoms with van der Waals surface area (Å²) in [7, 11) is 0. The first-order valence-corrected chi connectivity index (χ1v) is 8.04. The van der Waals surface area contributed by atoms with Crippen molar-refractivity contribution >= 4 is 17.7 Å². The van der Waals surface area contributed by atoms with E-state index in [0.717, 1.165) is 42.4 Å². The molecule has 1 saturated heterocycles. The number of unbranched alkanes of at least 4 members (excludes halogenated alkanes) is 1. The highest BCUT2D eigenvalue weighted by atomic mass is 16.2. The molecular weight excluding hydrogens is 290 g/mol. The van der Waals surface area contributed by atoms with E-state index in [1.165, 1.54) is 0 Å². The third-order valence-electron chi connectivity index (χ3n) is 4.27. The van der Waals surface area contributed by atoms with Crippen molar-refractivity contribution in [3.8, 4) is 5.69 Å². The molecule has 1 aromatic heterocycles. The number of para-hydroxylation sites is 1. The molecule has 0 unspecified atom stereocenters. The molecule has 0 aliphatic carbocycles. The highest BCUT2D eigenvalue weighted by Crippen LogP contribution is 2.31. The van der Waals surface area contributed by atoms with Crippen LogP contribution in [0.25, 0.3) is 5.69 Å². The summed E-state index contributed by atoms with van der Waals surface area (Å²) in [5, 5.41) is 4.48. The standard InChI is InChI=1S/C17H19N5O/c1-2-3-9-21-15(23)12-20-11-13-10-18-22(16(13)19-17(20)21)14-7-5-4-6-8-14/h4-8,10H,2-3,9,11-12H2,1H3.